The van der Waals surface area contributed by atoms with E-state index in [4.69, 9.17) is 27.9 Å². The van der Waals surface area contributed by atoms with Crippen LogP contribution >= 0.6 is 35.0 Å². The topological polar surface area (TPSA) is 64.1 Å². The number of thioether (sulfide) groups is 1. The van der Waals surface area contributed by atoms with Crippen molar-refractivity contribution in [2.45, 2.75) is 5.16 Å². The minimum absolute atomic E-state index is 0.114. The molecule has 0 saturated heterocycles. The Morgan fingerprint density at radius 3 is 2.71 bits per heavy atom. The van der Waals surface area contributed by atoms with Crippen LogP contribution in [0.2, 0.25) is 10.0 Å². The molecule has 0 aliphatic rings. The Morgan fingerprint density at radius 2 is 2.10 bits per heavy atom. The van der Waals surface area contributed by atoms with E-state index in [1.807, 2.05) is 6.26 Å². The van der Waals surface area contributed by atoms with Crippen LogP contribution in [0.3, 0.4) is 0 Å². The van der Waals surface area contributed by atoms with Gasteiger partial charge in [-0.1, -0.05) is 35.0 Å². The van der Waals surface area contributed by atoms with E-state index in [2.05, 4.69) is 15.3 Å². The lowest BCUT2D eigenvalue weighted by atomic mass is 10.3. The highest BCUT2D eigenvalue weighted by Crippen LogP contribution is 2.27. The first kappa shape index (κ1) is 15.9. The van der Waals surface area contributed by atoms with E-state index in [9.17, 15) is 4.79 Å². The summed E-state index contributed by atoms with van der Waals surface area (Å²) in [5, 5.41) is 3.73. The second kappa shape index (κ2) is 6.98. The molecule has 0 atom stereocenters. The fourth-order valence-corrected chi connectivity index (χ4v) is 2.32. The summed E-state index contributed by atoms with van der Waals surface area (Å²) in [4.78, 5) is 20.3. The van der Waals surface area contributed by atoms with E-state index in [1.54, 1.807) is 18.2 Å². The third kappa shape index (κ3) is 3.78. The van der Waals surface area contributed by atoms with Crippen molar-refractivity contribution in [3.05, 3.63) is 40.1 Å². The van der Waals surface area contributed by atoms with Gasteiger partial charge in [0.25, 0.3) is 5.91 Å². The number of benzene rings is 1. The van der Waals surface area contributed by atoms with Crippen molar-refractivity contribution in [1.82, 2.24) is 9.97 Å². The maximum absolute atomic E-state index is 12.2. The molecule has 0 unspecified atom stereocenters. The highest BCUT2D eigenvalue weighted by molar-refractivity contribution is 7.98. The zero-order chi connectivity index (χ0) is 15.4. The van der Waals surface area contributed by atoms with Gasteiger partial charge >= 0.3 is 0 Å². The second-order valence-electron chi connectivity index (χ2n) is 3.86. The molecule has 1 N–H and O–H groups in total. The highest BCUT2D eigenvalue weighted by atomic mass is 35.5. The molecule has 0 aliphatic heterocycles. The Morgan fingerprint density at radius 1 is 1.33 bits per heavy atom. The molecule has 2 aromatic rings. The van der Waals surface area contributed by atoms with Gasteiger partial charge in [0.2, 0.25) is 0 Å². The monoisotopic (exact) mass is 343 g/mol. The standard InChI is InChI=1S/C13H11Cl2N3O2S/c1-20-10-4-3-7(5-8(10)14)17-12(19)11-9(15)6-16-13(18-11)21-2/h3-6H,1-2H3,(H,17,19). The molecule has 0 spiro atoms. The number of ether oxygens (including phenoxy) is 1. The number of carbonyl (C=O) groups is 1. The number of hydrogen-bond donors (Lipinski definition) is 1. The molecule has 21 heavy (non-hydrogen) atoms. The van der Waals surface area contributed by atoms with Crippen molar-refractivity contribution in [2.24, 2.45) is 0 Å². The summed E-state index contributed by atoms with van der Waals surface area (Å²) < 4.78 is 5.05. The molecule has 0 radical (unpaired) electrons. The van der Waals surface area contributed by atoms with Crippen LogP contribution in [0.15, 0.2) is 29.6 Å². The van der Waals surface area contributed by atoms with E-state index >= 15 is 0 Å². The predicted molar refractivity (Wildman–Crippen MR) is 84.8 cm³/mol. The number of nitrogens with one attached hydrogen (secondary N) is 1. The second-order valence-corrected chi connectivity index (χ2v) is 5.44. The number of anilines is 1. The molecular formula is C13H11Cl2N3O2S. The van der Waals surface area contributed by atoms with Gasteiger partial charge in [0, 0.05) is 5.69 Å². The van der Waals surface area contributed by atoms with Crippen LogP contribution in [0.25, 0.3) is 0 Å². The summed E-state index contributed by atoms with van der Waals surface area (Å²) >= 11 is 13.3. The predicted octanol–water partition coefficient (Wildman–Crippen LogP) is 3.77. The van der Waals surface area contributed by atoms with Gasteiger partial charge in [-0.2, -0.15) is 0 Å². The molecule has 110 valence electrons. The lowest BCUT2D eigenvalue weighted by Gasteiger charge is -2.09. The van der Waals surface area contributed by atoms with Crippen molar-refractivity contribution in [1.29, 1.82) is 0 Å². The normalized spacial score (nSPS) is 10.3. The first-order valence-corrected chi connectivity index (χ1v) is 7.74. The van der Waals surface area contributed by atoms with E-state index in [1.165, 1.54) is 25.1 Å². The molecular weight excluding hydrogens is 333 g/mol. The van der Waals surface area contributed by atoms with E-state index in [-0.39, 0.29) is 10.7 Å². The molecule has 0 saturated carbocycles. The Hall–Kier alpha value is -1.50. The fraction of sp³-hybridized carbons (Fsp3) is 0.154. The minimum atomic E-state index is -0.432. The molecule has 2 rings (SSSR count). The molecule has 1 heterocycles. The fourth-order valence-electron chi connectivity index (χ4n) is 1.54. The van der Waals surface area contributed by atoms with Gasteiger partial charge in [-0.15, -0.1) is 0 Å². The molecule has 0 fully saturated rings. The van der Waals surface area contributed by atoms with Gasteiger partial charge in [-0.25, -0.2) is 9.97 Å². The number of nitrogens with zero attached hydrogens (tertiary/aromatic N) is 2. The number of aromatic nitrogens is 2. The third-order valence-corrected chi connectivity index (χ3v) is 3.66. The van der Waals surface area contributed by atoms with E-state index in [0.29, 0.717) is 21.6 Å². The van der Waals surface area contributed by atoms with Gasteiger partial charge in [0.1, 0.15) is 5.75 Å². The maximum Gasteiger partial charge on any atom is 0.275 e. The molecule has 1 amide bonds. The van der Waals surface area contributed by atoms with Gasteiger partial charge < -0.3 is 10.1 Å². The van der Waals surface area contributed by atoms with Crippen LogP contribution in [0.4, 0.5) is 5.69 Å². The Kier molecular flexibility index (Phi) is 5.27. The van der Waals surface area contributed by atoms with Crippen molar-refractivity contribution in [3.8, 4) is 5.75 Å². The van der Waals surface area contributed by atoms with Crippen LogP contribution < -0.4 is 10.1 Å². The largest absolute Gasteiger partial charge is 0.495 e. The first-order valence-electron chi connectivity index (χ1n) is 5.76. The van der Waals surface area contributed by atoms with Crippen LogP contribution in [-0.2, 0) is 0 Å². The lowest BCUT2D eigenvalue weighted by molar-refractivity contribution is 0.102. The SMILES string of the molecule is COc1ccc(NC(=O)c2nc(SC)ncc2Cl)cc1Cl. The lowest BCUT2D eigenvalue weighted by Crippen LogP contribution is -2.15. The van der Waals surface area contributed by atoms with Crippen molar-refractivity contribution in [2.75, 3.05) is 18.7 Å². The Labute approximate surface area is 136 Å². The van der Waals surface area contributed by atoms with Gasteiger partial charge in [0.05, 0.1) is 23.4 Å². The summed E-state index contributed by atoms with van der Waals surface area (Å²) in [6, 6.07) is 4.92. The molecule has 8 heteroatoms. The van der Waals surface area contributed by atoms with Crippen LogP contribution in [0.5, 0.6) is 5.75 Å². The van der Waals surface area contributed by atoms with Crippen LogP contribution in [0.1, 0.15) is 10.5 Å². The smallest absolute Gasteiger partial charge is 0.275 e. The number of rotatable bonds is 4. The van der Waals surface area contributed by atoms with Gasteiger partial charge in [0.15, 0.2) is 10.9 Å². The zero-order valence-corrected chi connectivity index (χ0v) is 13.5. The van der Waals surface area contributed by atoms with E-state index in [0.717, 1.165) is 0 Å². The molecule has 1 aromatic heterocycles. The number of halogens is 2. The average molecular weight is 344 g/mol. The molecule has 0 bridgehead atoms. The van der Waals surface area contributed by atoms with Crippen molar-refractivity contribution in [3.63, 3.8) is 0 Å². The minimum Gasteiger partial charge on any atom is -0.495 e. The summed E-state index contributed by atoms with van der Waals surface area (Å²) in [5.41, 5.74) is 0.633. The van der Waals surface area contributed by atoms with Crippen molar-refractivity contribution < 1.29 is 9.53 Å². The third-order valence-electron chi connectivity index (χ3n) is 2.53. The molecule has 1 aromatic carbocycles. The molecule has 5 nitrogen and oxygen atoms in total. The molecule has 0 aliphatic carbocycles. The number of methoxy groups -OCH3 is 1. The van der Waals surface area contributed by atoms with Gasteiger partial charge in [-0.05, 0) is 24.5 Å². The summed E-state index contributed by atoms with van der Waals surface area (Å²) in [5.74, 6) is 0.0957. The zero-order valence-electron chi connectivity index (χ0n) is 11.2. The number of hydrogen-bond acceptors (Lipinski definition) is 5. The summed E-state index contributed by atoms with van der Waals surface area (Å²) in [7, 11) is 1.52. The summed E-state index contributed by atoms with van der Waals surface area (Å²) in [6.07, 6.45) is 3.21. The number of amides is 1. The summed E-state index contributed by atoms with van der Waals surface area (Å²) in [6.45, 7) is 0. The van der Waals surface area contributed by atoms with Crippen LogP contribution in [-0.4, -0.2) is 29.2 Å². The maximum atomic E-state index is 12.2. The van der Waals surface area contributed by atoms with Crippen LogP contribution in [0, 0.1) is 0 Å². The quantitative estimate of drug-likeness (QED) is 0.676. The van der Waals surface area contributed by atoms with E-state index < -0.39 is 5.91 Å². The first-order chi connectivity index (χ1) is 10.0. The van der Waals surface area contributed by atoms with Crippen molar-refractivity contribution >= 4 is 46.6 Å². The Balaban J connectivity index is 2.23. The van der Waals surface area contributed by atoms with Gasteiger partial charge in [-0.3, -0.25) is 4.79 Å². The highest BCUT2D eigenvalue weighted by Gasteiger charge is 2.15. The average Bonchev–Trinajstić information content (AvgIpc) is 2.48. The number of carbonyl (C=O) groups excluding carboxylic acids is 1. The Bertz CT molecular complexity index is 682.